The Morgan fingerprint density at radius 3 is 2.24 bits per heavy atom. The number of fused-ring (bicyclic) bond motifs is 1. The molecular weight excluding hydrogens is 360 g/mol. The number of ether oxygens (including phenoxy) is 1. The van der Waals surface area contributed by atoms with E-state index >= 15 is 0 Å². The molecule has 0 spiro atoms. The van der Waals surface area contributed by atoms with Crippen LogP contribution in [0.5, 0.6) is 5.88 Å². The van der Waals surface area contributed by atoms with Gasteiger partial charge in [0.05, 0.1) is 11.1 Å². The summed E-state index contributed by atoms with van der Waals surface area (Å²) >= 11 is 0. The van der Waals surface area contributed by atoms with Crippen molar-refractivity contribution in [1.29, 1.82) is 0 Å². The quantitative estimate of drug-likeness (QED) is 0.500. The predicted molar refractivity (Wildman–Crippen MR) is 115 cm³/mol. The Labute approximate surface area is 170 Å². The van der Waals surface area contributed by atoms with Crippen molar-refractivity contribution < 1.29 is 9.53 Å². The Morgan fingerprint density at radius 1 is 0.828 bits per heavy atom. The van der Waals surface area contributed by atoms with Crippen LogP contribution in [0.3, 0.4) is 0 Å². The van der Waals surface area contributed by atoms with Crippen LogP contribution in [0.15, 0.2) is 91.0 Å². The molecule has 1 aromatic heterocycles. The first kappa shape index (κ1) is 18.7. The summed E-state index contributed by atoms with van der Waals surface area (Å²) in [7, 11) is 0. The molecule has 0 unspecified atom stereocenters. The van der Waals surface area contributed by atoms with Crippen molar-refractivity contribution in [3.8, 4) is 5.88 Å². The first-order valence-corrected chi connectivity index (χ1v) is 9.68. The Balaban J connectivity index is 1.51. The molecule has 4 aromatic rings. The number of nitrogens with one attached hydrogen (secondary N) is 1. The van der Waals surface area contributed by atoms with Crippen LogP contribution in [0.1, 0.15) is 21.5 Å². The van der Waals surface area contributed by atoms with Crippen LogP contribution in [0, 0.1) is 0 Å². The van der Waals surface area contributed by atoms with Crippen molar-refractivity contribution in [2.45, 2.75) is 13.0 Å². The highest BCUT2D eigenvalue weighted by Crippen LogP contribution is 2.22. The zero-order valence-electron chi connectivity index (χ0n) is 16.0. The first-order valence-electron chi connectivity index (χ1n) is 9.68. The summed E-state index contributed by atoms with van der Waals surface area (Å²) in [6, 6.07) is 29.4. The molecule has 0 bridgehead atoms. The Morgan fingerprint density at radius 2 is 1.48 bits per heavy atom. The number of carbonyl (C=O) groups excluding carboxylic acids is 1. The maximum Gasteiger partial charge on any atom is 0.252 e. The van der Waals surface area contributed by atoms with Crippen molar-refractivity contribution in [3.05, 3.63) is 108 Å². The number of nitrogens with zero attached hydrogens (tertiary/aromatic N) is 1. The number of para-hydroxylation sites is 1. The second-order valence-corrected chi connectivity index (χ2v) is 6.79. The average molecular weight is 382 g/mol. The van der Waals surface area contributed by atoms with Crippen molar-refractivity contribution in [2.24, 2.45) is 0 Å². The van der Waals surface area contributed by atoms with Gasteiger partial charge >= 0.3 is 0 Å². The summed E-state index contributed by atoms with van der Waals surface area (Å²) in [5.41, 5.74) is 3.56. The molecule has 0 aliphatic carbocycles. The van der Waals surface area contributed by atoms with Crippen LogP contribution in [0.25, 0.3) is 10.9 Å². The van der Waals surface area contributed by atoms with Crippen LogP contribution in [-0.2, 0) is 13.0 Å². The van der Waals surface area contributed by atoms with Crippen LogP contribution < -0.4 is 10.1 Å². The van der Waals surface area contributed by atoms with Crippen LogP contribution in [0.4, 0.5) is 0 Å². The van der Waals surface area contributed by atoms with Gasteiger partial charge < -0.3 is 10.1 Å². The van der Waals surface area contributed by atoms with Crippen molar-refractivity contribution in [2.75, 3.05) is 6.54 Å². The van der Waals surface area contributed by atoms with Gasteiger partial charge in [0, 0.05) is 18.0 Å². The lowest BCUT2D eigenvalue weighted by molar-refractivity contribution is 0.0955. The highest BCUT2D eigenvalue weighted by molar-refractivity contribution is 6.06. The molecule has 3 aromatic carbocycles. The van der Waals surface area contributed by atoms with Crippen molar-refractivity contribution in [3.63, 3.8) is 0 Å². The SMILES string of the molecule is O=C(NCCc1ccccc1)c1cc(OCc2ccccc2)nc2ccccc12. The number of carbonyl (C=O) groups is 1. The molecule has 1 amide bonds. The summed E-state index contributed by atoms with van der Waals surface area (Å²) in [6.45, 7) is 0.973. The van der Waals surface area contributed by atoms with Gasteiger partial charge in [-0.3, -0.25) is 4.79 Å². The topological polar surface area (TPSA) is 51.2 Å². The van der Waals surface area contributed by atoms with E-state index in [-0.39, 0.29) is 5.91 Å². The predicted octanol–water partition coefficient (Wildman–Crippen LogP) is 4.79. The fourth-order valence-corrected chi connectivity index (χ4v) is 3.20. The summed E-state index contributed by atoms with van der Waals surface area (Å²) in [5, 5.41) is 3.83. The van der Waals surface area contributed by atoms with Gasteiger partial charge in [0.15, 0.2) is 0 Å². The number of aromatic nitrogens is 1. The maximum absolute atomic E-state index is 12.9. The molecule has 4 nitrogen and oxygen atoms in total. The summed E-state index contributed by atoms with van der Waals surface area (Å²) in [6.07, 6.45) is 0.785. The van der Waals surface area contributed by atoms with Crippen LogP contribution in [0.2, 0.25) is 0 Å². The molecule has 0 fully saturated rings. The highest BCUT2D eigenvalue weighted by atomic mass is 16.5. The van der Waals surface area contributed by atoms with E-state index < -0.39 is 0 Å². The molecule has 29 heavy (non-hydrogen) atoms. The molecule has 0 aliphatic rings. The third-order valence-corrected chi connectivity index (χ3v) is 4.71. The Bertz CT molecular complexity index is 1100. The third-order valence-electron chi connectivity index (χ3n) is 4.71. The van der Waals surface area contributed by atoms with E-state index in [1.54, 1.807) is 6.07 Å². The maximum atomic E-state index is 12.9. The summed E-state index contributed by atoms with van der Waals surface area (Å²) in [4.78, 5) is 17.4. The standard InChI is InChI=1S/C25H22N2O2/c28-25(26-16-15-19-9-3-1-4-10-19)22-17-24(27-23-14-8-7-13-21(22)23)29-18-20-11-5-2-6-12-20/h1-14,17H,15-16,18H2,(H,26,28). The monoisotopic (exact) mass is 382 g/mol. The van der Waals surface area contributed by atoms with Crippen molar-refractivity contribution in [1.82, 2.24) is 10.3 Å². The van der Waals surface area contributed by atoms with Gasteiger partial charge in [0.25, 0.3) is 5.91 Å². The fourth-order valence-electron chi connectivity index (χ4n) is 3.20. The van der Waals surface area contributed by atoms with Gasteiger partial charge in [0.2, 0.25) is 5.88 Å². The van der Waals surface area contributed by atoms with E-state index in [2.05, 4.69) is 22.4 Å². The molecule has 0 radical (unpaired) electrons. The number of rotatable bonds is 7. The third kappa shape index (κ3) is 4.79. The van der Waals surface area contributed by atoms with Gasteiger partial charge in [-0.15, -0.1) is 0 Å². The second-order valence-electron chi connectivity index (χ2n) is 6.79. The molecule has 0 saturated carbocycles. The smallest absolute Gasteiger partial charge is 0.252 e. The lowest BCUT2D eigenvalue weighted by Crippen LogP contribution is -2.26. The molecular formula is C25H22N2O2. The summed E-state index contributed by atoms with van der Waals surface area (Å²) in [5.74, 6) is 0.324. The molecule has 4 rings (SSSR count). The molecule has 1 N–H and O–H groups in total. The van der Waals surface area contributed by atoms with Gasteiger partial charge in [-0.1, -0.05) is 78.9 Å². The zero-order valence-corrected chi connectivity index (χ0v) is 16.0. The Kier molecular flexibility index (Phi) is 5.81. The van der Waals surface area contributed by atoms with Gasteiger partial charge in [0.1, 0.15) is 6.61 Å². The number of benzene rings is 3. The van der Waals surface area contributed by atoms with E-state index in [4.69, 9.17) is 4.74 Å². The minimum atomic E-state index is -0.121. The number of hydrogen-bond acceptors (Lipinski definition) is 3. The largest absolute Gasteiger partial charge is 0.473 e. The lowest BCUT2D eigenvalue weighted by Gasteiger charge is -2.11. The van der Waals surface area contributed by atoms with Gasteiger partial charge in [-0.25, -0.2) is 4.98 Å². The van der Waals surface area contributed by atoms with E-state index in [0.29, 0.717) is 24.6 Å². The summed E-state index contributed by atoms with van der Waals surface area (Å²) < 4.78 is 5.87. The minimum absolute atomic E-state index is 0.121. The molecule has 144 valence electrons. The van der Waals surface area contributed by atoms with Crippen molar-refractivity contribution >= 4 is 16.8 Å². The minimum Gasteiger partial charge on any atom is -0.473 e. The number of pyridine rings is 1. The Hall–Kier alpha value is -3.66. The molecule has 1 heterocycles. The van der Waals surface area contributed by atoms with Crippen LogP contribution in [-0.4, -0.2) is 17.4 Å². The number of amides is 1. The first-order chi connectivity index (χ1) is 14.3. The highest BCUT2D eigenvalue weighted by Gasteiger charge is 2.13. The van der Waals surface area contributed by atoms with Gasteiger partial charge in [-0.2, -0.15) is 0 Å². The normalized spacial score (nSPS) is 10.6. The lowest BCUT2D eigenvalue weighted by atomic mass is 10.1. The van der Waals surface area contributed by atoms with E-state index in [0.717, 1.165) is 22.9 Å². The average Bonchev–Trinajstić information content (AvgIpc) is 2.78. The van der Waals surface area contributed by atoms with Gasteiger partial charge in [-0.05, 0) is 23.6 Å². The fraction of sp³-hybridized carbons (Fsp3) is 0.120. The van der Waals surface area contributed by atoms with E-state index in [1.165, 1.54) is 5.56 Å². The van der Waals surface area contributed by atoms with Crippen LogP contribution >= 0.6 is 0 Å². The molecule has 0 aliphatic heterocycles. The zero-order chi connectivity index (χ0) is 19.9. The molecule has 4 heteroatoms. The van der Waals surface area contributed by atoms with E-state index in [9.17, 15) is 4.79 Å². The second kappa shape index (κ2) is 9.02. The van der Waals surface area contributed by atoms with E-state index in [1.807, 2.05) is 72.8 Å². The molecule has 0 atom stereocenters. The number of hydrogen-bond donors (Lipinski definition) is 1. The molecule has 0 saturated heterocycles.